The average molecular weight is 387 g/mol. The Morgan fingerprint density at radius 3 is 2.89 bits per heavy atom. The smallest absolute Gasteiger partial charge is 0.191 e. The molecule has 8 nitrogen and oxygen atoms in total. The van der Waals surface area contributed by atoms with Crippen molar-refractivity contribution in [3.8, 4) is 5.75 Å². The number of guanidine groups is 1. The van der Waals surface area contributed by atoms with Crippen LogP contribution in [0, 0.1) is 6.92 Å². The first kappa shape index (κ1) is 20.1. The fourth-order valence-corrected chi connectivity index (χ4v) is 3.15. The number of hydrogen-bond acceptors (Lipinski definition) is 5. The molecule has 1 saturated heterocycles. The molecule has 1 aliphatic heterocycles. The van der Waals surface area contributed by atoms with Gasteiger partial charge in [0.2, 0.25) is 0 Å². The Balaban J connectivity index is 1.59. The van der Waals surface area contributed by atoms with Gasteiger partial charge in [-0.1, -0.05) is 18.2 Å². The fraction of sp³-hybridized carbons (Fsp3) is 0.550. The van der Waals surface area contributed by atoms with Crippen molar-refractivity contribution < 1.29 is 9.47 Å². The predicted molar refractivity (Wildman–Crippen MR) is 109 cm³/mol. The summed E-state index contributed by atoms with van der Waals surface area (Å²) < 4.78 is 13.1. The molecule has 0 saturated carbocycles. The van der Waals surface area contributed by atoms with Gasteiger partial charge in [0.05, 0.1) is 13.2 Å². The number of ether oxygens (including phenoxy) is 2. The number of nitrogens with zero attached hydrogens (tertiary/aromatic N) is 4. The summed E-state index contributed by atoms with van der Waals surface area (Å²) in [6, 6.07) is 8.07. The number of methoxy groups -OCH3 is 1. The molecule has 0 aliphatic carbocycles. The van der Waals surface area contributed by atoms with Gasteiger partial charge < -0.3 is 24.7 Å². The zero-order valence-corrected chi connectivity index (χ0v) is 16.9. The van der Waals surface area contributed by atoms with E-state index in [1.165, 1.54) is 5.56 Å². The van der Waals surface area contributed by atoms with Crippen LogP contribution in [0.5, 0.6) is 5.75 Å². The third-order valence-corrected chi connectivity index (χ3v) is 4.96. The maximum atomic E-state index is 5.70. The van der Waals surface area contributed by atoms with Crippen LogP contribution in [0.2, 0.25) is 0 Å². The zero-order valence-electron chi connectivity index (χ0n) is 16.9. The summed E-state index contributed by atoms with van der Waals surface area (Å²) in [6.45, 7) is 4.74. The lowest BCUT2D eigenvalue weighted by atomic mass is 10.1. The van der Waals surface area contributed by atoms with Crippen LogP contribution in [0.25, 0.3) is 0 Å². The lowest BCUT2D eigenvalue weighted by molar-refractivity contribution is 0.114. The van der Waals surface area contributed by atoms with Gasteiger partial charge >= 0.3 is 0 Å². The highest BCUT2D eigenvalue weighted by Gasteiger charge is 2.16. The maximum Gasteiger partial charge on any atom is 0.191 e. The Hall–Kier alpha value is -2.61. The van der Waals surface area contributed by atoms with Crippen LogP contribution in [-0.4, -0.2) is 53.6 Å². The lowest BCUT2D eigenvalue weighted by Crippen LogP contribution is -2.42. The van der Waals surface area contributed by atoms with Gasteiger partial charge in [0.25, 0.3) is 0 Å². The van der Waals surface area contributed by atoms with Gasteiger partial charge in [0.1, 0.15) is 18.1 Å². The molecule has 0 amide bonds. The van der Waals surface area contributed by atoms with Gasteiger partial charge in [-0.25, -0.2) is 4.99 Å². The van der Waals surface area contributed by atoms with Crippen molar-refractivity contribution in [2.75, 3.05) is 26.8 Å². The van der Waals surface area contributed by atoms with Crippen molar-refractivity contribution >= 4 is 5.96 Å². The average Bonchev–Trinajstić information content (AvgIpc) is 3.35. The third kappa shape index (κ3) is 5.45. The van der Waals surface area contributed by atoms with E-state index in [0.29, 0.717) is 6.54 Å². The fourth-order valence-electron chi connectivity index (χ4n) is 3.15. The van der Waals surface area contributed by atoms with Gasteiger partial charge in [-0.15, -0.1) is 10.2 Å². The molecule has 1 aromatic heterocycles. The molecule has 0 bridgehead atoms. The summed E-state index contributed by atoms with van der Waals surface area (Å²) in [5.41, 5.74) is 1.17. The molecule has 8 heteroatoms. The number of aromatic nitrogens is 3. The van der Waals surface area contributed by atoms with Crippen LogP contribution in [-0.2, 0) is 24.8 Å². The highest BCUT2D eigenvalue weighted by atomic mass is 16.5. The number of para-hydroxylation sites is 1. The minimum atomic E-state index is 0.248. The molecule has 2 aromatic rings. The Labute approximate surface area is 166 Å². The van der Waals surface area contributed by atoms with Crippen molar-refractivity contribution in [3.05, 3.63) is 41.5 Å². The predicted octanol–water partition coefficient (Wildman–Crippen LogP) is 1.59. The van der Waals surface area contributed by atoms with E-state index in [0.717, 1.165) is 62.3 Å². The van der Waals surface area contributed by atoms with Crippen molar-refractivity contribution in [1.82, 2.24) is 25.4 Å². The van der Waals surface area contributed by atoms with Crippen LogP contribution in [0.1, 0.15) is 30.1 Å². The standard InChI is InChI=1S/C20H30N6O2/c1-15-24-25-19(26(15)2)14-23-20(22-13-17-8-6-12-28-17)21-11-10-16-7-4-5-9-18(16)27-3/h4-5,7,9,17H,6,8,10-14H2,1-3H3,(H2,21,22,23). The summed E-state index contributed by atoms with van der Waals surface area (Å²) >= 11 is 0. The summed E-state index contributed by atoms with van der Waals surface area (Å²) in [7, 11) is 3.65. The van der Waals surface area contributed by atoms with E-state index in [2.05, 4.69) is 31.9 Å². The largest absolute Gasteiger partial charge is 0.496 e. The molecule has 3 rings (SSSR count). The molecule has 0 spiro atoms. The molecule has 1 aliphatic rings. The molecule has 0 radical (unpaired) electrons. The second-order valence-corrected chi connectivity index (χ2v) is 6.89. The summed E-state index contributed by atoms with van der Waals surface area (Å²) in [6.07, 6.45) is 3.30. The highest BCUT2D eigenvalue weighted by molar-refractivity contribution is 5.79. The minimum Gasteiger partial charge on any atom is -0.496 e. The van der Waals surface area contributed by atoms with Crippen LogP contribution in [0.3, 0.4) is 0 Å². The molecule has 2 heterocycles. The van der Waals surface area contributed by atoms with Gasteiger partial charge in [-0.3, -0.25) is 0 Å². The second-order valence-electron chi connectivity index (χ2n) is 6.89. The van der Waals surface area contributed by atoms with Crippen LogP contribution in [0.15, 0.2) is 29.3 Å². The SMILES string of the molecule is COc1ccccc1CCNC(=NCc1nnc(C)n1C)NCC1CCCO1. The Morgan fingerprint density at radius 1 is 1.32 bits per heavy atom. The summed E-state index contributed by atoms with van der Waals surface area (Å²) in [5, 5.41) is 15.1. The van der Waals surface area contributed by atoms with Gasteiger partial charge in [-0.05, 0) is 37.8 Å². The molecule has 152 valence electrons. The highest BCUT2D eigenvalue weighted by Crippen LogP contribution is 2.17. The number of rotatable bonds is 8. The minimum absolute atomic E-state index is 0.248. The topological polar surface area (TPSA) is 85.6 Å². The number of benzene rings is 1. The van der Waals surface area contributed by atoms with Crippen molar-refractivity contribution in [3.63, 3.8) is 0 Å². The lowest BCUT2D eigenvalue weighted by Gasteiger charge is -2.16. The van der Waals surface area contributed by atoms with Crippen LogP contribution in [0.4, 0.5) is 0 Å². The molecular formula is C20H30N6O2. The van der Waals surface area contributed by atoms with Gasteiger partial charge in [0, 0.05) is 26.7 Å². The van der Waals surface area contributed by atoms with Crippen molar-refractivity contribution in [2.45, 2.75) is 38.8 Å². The quantitative estimate of drug-likeness (QED) is 0.529. The third-order valence-electron chi connectivity index (χ3n) is 4.96. The van der Waals surface area contributed by atoms with E-state index in [1.807, 2.05) is 36.7 Å². The number of nitrogens with one attached hydrogen (secondary N) is 2. The van der Waals surface area contributed by atoms with Crippen molar-refractivity contribution in [2.24, 2.45) is 12.0 Å². The summed E-state index contributed by atoms with van der Waals surface area (Å²) in [5.74, 6) is 3.37. The van der Waals surface area contributed by atoms with E-state index in [4.69, 9.17) is 9.47 Å². The zero-order chi connectivity index (χ0) is 19.8. The molecule has 1 fully saturated rings. The Kier molecular flexibility index (Phi) is 7.25. The first-order valence-electron chi connectivity index (χ1n) is 9.78. The molecule has 1 atom stereocenters. The Morgan fingerprint density at radius 2 is 2.18 bits per heavy atom. The molecule has 1 unspecified atom stereocenters. The van der Waals surface area contributed by atoms with Crippen LogP contribution >= 0.6 is 0 Å². The van der Waals surface area contributed by atoms with E-state index < -0.39 is 0 Å². The second kappa shape index (κ2) is 10.1. The Bertz CT molecular complexity index is 783. The van der Waals surface area contributed by atoms with E-state index in [1.54, 1.807) is 7.11 Å². The maximum absolute atomic E-state index is 5.70. The van der Waals surface area contributed by atoms with Gasteiger partial charge in [0.15, 0.2) is 11.8 Å². The number of hydrogen-bond donors (Lipinski definition) is 2. The molecule has 1 aromatic carbocycles. The van der Waals surface area contributed by atoms with Crippen LogP contribution < -0.4 is 15.4 Å². The molecular weight excluding hydrogens is 356 g/mol. The first-order valence-corrected chi connectivity index (χ1v) is 9.78. The van der Waals surface area contributed by atoms with E-state index in [-0.39, 0.29) is 6.10 Å². The first-order chi connectivity index (χ1) is 13.7. The summed E-state index contributed by atoms with van der Waals surface area (Å²) in [4.78, 5) is 4.69. The van der Waals surface area contributed by atoms with E-state index >= 15 is 0 Å². The normalized spacial score (nSPS) is 17.0. The monoisotopic (exact) mass is 386 g/mol. The molecule has 28 heavy (non-hydrogen) atoms. The number of aryl methyl sites for hydroxylation is 1. The van der Waals surface area contributed by atoms with Gasteiger partial charge in [-0.2, -0.15) is 0 Å². The van der Waals surface area contributed by atoms with Crippen molar-refractivity contribution in [1.29, 1.82) is 0 Å². The molecule has 2 N–H and O–H groups in total. The van der Waals surface area contributed by atoms with E-state index in [9.17, 15) is 0 Å². The number of aliphatic imine (C=N–C) groups is 1.